The minimum absolute atomic E-state index is 0.0381. The Balaban J connectivity index is 1.63. The summed E-state index contributed by atoms with van der Waals surface area (Å²) >= 11 is 0. The third-order valence-electron chi connectivity index (χ3n) is 5.32. The number of piperidine rings is 1. The number of benzene rings is 1. The van der Waals surface area contributed by atoms with Gasteiger partial charge in [0, 0.05) is 18.8 Å². The Morgan fingerprint density at radius 2 is 1.97 bits per heavy atom. The first-order valence-electron chi connectivity index (χ1n) is 10.1. The zero-order valence-corrected chi connectivity index (χ0v) is 16.7. The van der Waals surface area contributed by atoms with Gasteiger partial charge in [-0.1, -0.05) is 0 Å². The molecule has 0 aliphatic carbocycles. The molecule has 0 spiro atoms. The maximum absolute atomic E-state index is 12.4. The van der Waals surface area contributed by atoms with Crippen LogP contribution in [0.15, 0.2) is 35.3 Å². The van der Waals surface area contributed by atoms with Crippen molar-refractivity contribution in [2.75, 3.05) is 29.9 Å². The molecule has 0 amide bonds. The molecule has 1 aliphatic rings. The van der Waals surface area contributed by atoms with E-state index in [1.807, 2.05) is 0 Å². The van der Waals surface area contributed by atoms with E-state index in [-0.39, 0.29) is 11.1 Å². The van der Waals surface area contributed by atoms with Crippen molar-refractivity contribution in [1.29, 1.82) is 0 Å². The Labute approximate surface area is 176 Å². The molecule has 0 radical (unpaired) electrons. The second-order valence-corrected chi connectivity index (χ2v) is 7.37. The molecule has 4 rings (SSSR count). The van der Waals surface area contributed by atoms with E-state index in [4.69, 9.17) is 5.73 Å². The number of ether oxygens (including phenoxy) is 1. The molecule has 11 heteroatoms. The first-order valence-corrected chi connectivity index (χ1v) is 10.1. The van der Waals surface area contributed by atoms with Crippen molar-refractivity contribution in [3.63, 3.8) is 0 Å². The zero-order chi connectivity index (χ0) is 21.8. The van der Waals surface area contributed by atoms with Crippen LogP contribution in [0.4, 0.5) is 26.2 Å². The Hall–Kier alpha value is -3.34. The van der Waals surface area contributed by atoms with Crippen molar-refractivity contribution in [2.24, 2.45) is 11.7 Å². The van der Waals surface area contributed by atoms with Gasteiger partial charge < -0.3 is 20.7 Å². The SMILES string of the molecule is NCCC1CCN(c2nc(Nc3ccc(OC(F)F)cc3)c3c(=O)[nH]ncc3n2)CC1. The van der Waals surface area contributed by atoms with Gasteiger partial charge in [0.25, 0.3) is 5.56 Å². The van der Waals surface area contributed by atoms with Crippen LogP contribution in [0.5, 0.6) is 5.75 Å². The van der Waals surface area contributed by atoms with Crippen molar-refractivity contribution in [3.8, 4) is 5.75 Å². The number of H-pyrrole nitrogens is 1. The maximum Gasteiger partial charge on any atom is 0.387 e. The standard InChI is InChI=1S/C20H23F2N7O2/c21-19(22)31-14-3-1-13(2-4-14)25-17-16-15(11-24-28-18(16)30)26-20(27-17)29-9-6-12(5-8-23)7-10-29/h1-4,11-12,19H,5-10,23H2,(H,28,30)(H,25,26,27). The topological polar surface area (TPSA) is 122 Å². The molecule has 9 nitrogen and oxygen atoms in total. The maximum atomic E-state index is 12.4. The van der Waals surface area contributed by atoms with Gasteiger partial charge in [0.15, 0.2) is 0 Å². The molecule has 2 aromatic heterocycles. The molecule has 1 aromatic carbocycles. The number of nitrogens with two attached hydrogens (primary N) is 1. The first-order chi connectivity index (χ1) is 15.0. The summed E-state index contributed by atoms with van der Waals surface area (Å²) < 4.78 is 29.1. The predicted octanol–water partition coefficient (Wildman–Crippen LogP) is 2.62. The average molecular weight is 431 g/mol. The fourth-order valence-electron chi connectivity index (χ4n) is 3.74. The van der Waals surface area contributed by atoms with Crippen LogP contribution in [0.1, 0.15) is 19.3 Å². The van der Waals surface area contributed by atoms with E-state index < -0.39 is 12.2 Å². The molecular formula is C20H23F2N7O2. The van der Waals surface area contributed by atoms with E-state index in [1.165, 1.54) is 18.3 Å². The lowest BCUT2D eigenvalue weighted by Crippen LogP contribution is -2.35. The Bertz CT molecular complexity index is 1080. The summed E-state index contributed by atoms with van der Waals surface area (Å²) in [4.78, 5) is 23.6. The monoisotopic (exact) mass is 431 g/mol. The van der Waals surface area contributed by atoms with Crippen molar-refractivity contribution in [1.82, 2.24) is 20.2 Å². The lowest BCUT2D eigenvalue weighted by molar-refractivity contribution is -0.0498. The van der Waals surface area contributed by atoms with Crippen LogP contribution in [0.25, 0.3) is 10.9 Å². The summed E-state index contributed by atoms with van der Waals surface area (Å²) in [6, 6.07) is 5.96. The molecule has 1 aliphatic heterocycles. The minimum Gasteiger partial charge on any atom is -0.435 e. The van der Waals surface area contributed by atoms with Gasteiger partial charge in [-0.3, -0.25) is 4.79 Å². The predicted molar refractivity (Wildman–Crippen MR) is 113 cm³/mol. The number of halogens is 2. The van der Waals surface area contributed by atoms with E-state index in [2.05, 4.69) is 35.1 Å². The molecule has 0 bridgehead atoms. The molecule has 4 N–H and O–H groups in total. The molecule has 31 heavy (non-hydrogen) atoms. The van der Waals surface area contributed by atoms with Crippen molar-refractivity contribution < 1.29 is 13.5 Å². The highest BCUT2D eigenvalue weighted by Crippen LogP contribution is 2.28. The van der Waals surface area contributed by atoms with Gasteiger partial charge in [-0.25, -0.2) is 10.1 Å². The van der Waals surface area contributed by atoms with Crippen LogP contribution in [0, 0.1) is 5.92 Å². The number of hydrogen-bond donors (Lipinski definition) is 3. The summed E-state index contributed by atoms with van der Waals surface area (Å²) in [5.74, 6) is 1.45. The number of nitrogens with one attached hydrogen (secondary N) is 2. The number of fused-ring (bicyclic) bond motifs is 1. The molecular weight excluding hydrogens is 408 g/mol. The van der Waals surface area contributed by atoms with E-state index in [0.717, 1.165) is 32.4 Å². The summed E-state index contributed by atoms with van der Waals surface area (Å²) in [7, 11) is 0. The van der Waals surface area contributed by atoms with E-state index >= 15 is 0 Å². The first kappa shape index (κ1) is 20.9. The summed E-state index contributed by atoms with van der Waals surface area (Å²) in [6.45, 7) is -0.620. The molecule has 0 unspecified atom stereocenters. The molecule has 0 atom stereocenters. The molecule has 1 fully saturated rings. The van der Waals surface area contributed by atoms with Crippen molar-refractivity contribution in [2.45, 2.75) is 25.9 Å². The highest BCUT2D eigenvalue weighted by Gasteiger charge is 2.22. The van der Waals surface area contributed by atoms with Gasteiger partial charge in [-0.15, -0.1) is 0 Å². The molecule has 164 valence electrons. The van der Waals surface area contributed by atoms with Gasteiger partial charge in [-0.2, -0.15) is 18.9 Å². The third-order valence-corrected chi connectivity index (χ3v) is 5.32. The van der Waals surface area contributed by atoms with Gasteiger partial charge in [0.1, 0.15) is 22.5 Å². The summed E-state index contributed by atoms with van der Waals surface area (Å²) in [5, 5.41) is 9.60. The zero-order valence-electron chi connectivity index (χ0n) is 16.7. The number of nitrogens with zero attached hydrogens (tertiary/aromatic N) is 4. The molecule has 0 saturated carbocycles. The Morgan fingerprint density at radius 3 is 2.65 bits per heavy atom. The third kappa shape index (κ3) is 4.88. The van der Waals surface area contributed by atoms with Crippen LogP contribution in [0.2, 0.25) is 0 Å². The van der Waals surface area contributed by atoms with E-state index in [1.54, 1.807) is 12.1 Å². The number of aromatic nitrogens is 4. The normalized spacial score (nSPS) is 14.9. The van der Waals surface area contributed by atoms with Crippen molar-refractivity contribution >= 4 is 28.4 Å². The summed E-state index contributed by atoms with van der Waals surface area (Å²) in [6.07, 6.45) is 4.48. The van der Waals surface area contributed by atoms with Crippen LogP contribution < -0.4 is 26.2 Å². The quantitative estimate of drug-likeness (QED) is 0.522. The highest BCUT2D eigenvalue weighted by atomic mass is 19.3. The molecule has 3 aromatic rings. The summed E-state index contributed by atoms with van der Waals surface area (Å²) in [5.41, 5.74) is 6.23. The smallest absolute Gasteiger partial charge is 0.387 e. The fourth-order valence-corrected chi connectivity index (χ4v) is 3.74. The van der Waals surface area contributed by atoms with E-state index in [0.29, 0.717) is 35.4 Å². The largest absolute Gasteiger partial charge is 0.435 e. The fraction of sp³-hybridized carbons (Fsp3) is 0.400. The number of rotatable bonds is 7. The number of aromatic amines is 1. The Kier molecular flexibility index (Phi) is 6.21. The van der Waals surface area contributed by atoms with Crippen LogP contribution >= 0.6 is 0 Å². The van der Waals surface area contributed by atoms with Gasteiger partial charge in [0.05, 0.1) is 6.20 Å². The highest BCUT2D eigenvalue weighted by molar-refractivity contribution is 5.90. The molecule has 3 heterocycles. The Morgan fingerprint density at radius 1 is 1.23 bits per heavy atom. The lowest BCUT2D eigenvalue weighted by Gasteiger charge is -2.32. The number of alkyl halides is 2. The van der Waals surface area contributed by atoms with Crippen LogP contribution in [-0.4, -0.2) is 46.4 Å². The second kappa shape index (κ2) is 9.21. The lowest BCUT2D eigenvalue weighted by atomic mass is 9.94. The van der Waals surface area contributed by atoms with Gasteiger partial charge in [-0.05, 0) is 56.0 Å². The number of hydrogen-bond acceptors (Lipinski definition) is 8. The van der Waals surface area contributed by atoms with Gasteiger partial charge >= 0.3 is 6.61 Å². The second-order valence-electron chi connectivity index (χ2n) is 7.37. The average Bonchev–Trinajstić information content (AvgIpc) is 2.75. The van der Waals surface area contributed by atoms with Crippen LogP contribution in [0.3, 0.4) is 0 Å². The minimum atomic E-state index is -2.90. The van der Waals surface area contributed by atoms with Gasteiger partial charge in [0.2, 0.25) is 5.95 Å². The van der Waals surface area contributed by atoms with E-state index in [9.17, 15) is 13.6 Å². The number of anilines is 3. The molecule has 1 saturated heterocycles. The van der Waals surface area contributed by atoms with Crippen molar-refractivity contribution in [3.05, 3.63) is 40.8 Å². The van der Waals surface area contributed by atoms with Crippen LogP contribution in [-0.2, 0) is 0 Å².